The number of unbranched alkanes of at least 4 members (excludes halogenated alkanes) is 3. The van der Waals surface area contributed by atoms with Crippen molar-refractivity contribution in [3.8, 4) is 6.07 Å². The van der Waals surface area contributed by atoms with Gasteiger partial charge in [-0.1, -0.05) is 26.7 Å². The number of carbonyl (C=O) groups excluding carboxylic acids is 3. The molecule has 4 atom stereocenters. The molecule has 4 saturated carbocycles. The van der Waals surface area contributed by atoms with Gasteiger partial charge in [-0.05, 0) is 86.3 Å². The molecule has 1 aromatic carbocycles. The number of anilines is 1. The van der Waals surface area contributed by atoms with E-state index in [1.807, 2.05) is 0 Å². The highest BCUT2D eigenvalue weighted by Crippen LogP contribution is 2.66. The second-order valence-corrected chi connectivity index (χ2v) is 12.3. The number of nitrogens with one attached hydrogen (secondary N) is 4. The van der Waals surface area contributed by atoms with Crippen LogP contribution in [0.2, 0.25) is 0 Å². The summed E-state index contributed by atoms with van der Waals surface area (Å²) in [4.78, 5) is 36.6. The lowest BCUT2D eigenvalue weighted by Gasteiger charge is -2.65. The molecule has 0 heterocycles. The van der Waals surface area contributed by atoms with E-state index in [4.69, 9.17) is 5.21 Å². The van der Waals surface area contributed by atoms with Crippen LogP contribution in [0, 0.1) is 28.1 Å². The van der Waals surface area contributed by atoms with Gasteiger partial charge in [-0.3, -0.25) is 14.8 Å². The second kappa shape index (κ2) is 10.7. The van der Waals surface area contributed by atoms with Crippen LogP contribution in [0.1, 0.15) is 100 Å². The monoisotopic (exact) mass is 509 g/mol. The van der Waals surface area contributed by atoms with E-state index in [0.29, 0.717) is 30.1 Å². The third kappa shape index (κ3) is 6.42. The highest BCUT2D eigenvalue weighted by atomic mass is 16.5. The van der Waals surface area contributed by atoms with Crippen molar-refractivity contribution in [3.05, 3.63) is 29.3 Å². The predicted octanol–water partition coefficient (Wildman–Crippen LogP) is 4.61. The summed E-state index contributed by atoms with van der Waals surface area (Å²) in [7, 11) is 0. The van der Waals surface area contributed by atoms with Gasteiger partial charge in [0.25, 0.3) is 5.91 Å². The molecule has 0 saturated heterocycles. The maximum atomic E-state index is 13.1. The Kier molecular flexibility index (Phi) is 7.79. The Morgan fingerprint density at radius 2 is 1.73 bits per heavy atom. The molecule has 5 rings (SSSR count). The first-order valence-corrected chi connectivity index (χ1v) is 13.4. The molecule has 2 unspecified atom stereocenters. The van der Waals surface area contributed by atoms with Crippen LogP contribution in [0.3, 0.4) is 0 Å². The van der Waals surface area contributed by atoms with Gasteiger partial charge in [-0.15, -0.1) is 0 Å². The normalized spacial score (nSPS) is 29.3. The van der Waals surface area contributed by atoms with Crippen molar-refractivity contribution in [2.24, 2.45) is 16.7 Å². The molecule has 4 bridgehead atoms. The largest absolute Gasteiger partial charge is 0.352 e. The lowest BCUT2D eigenvalue weighted by Crippen LogP contribution is -2.65. The van der Waals surface area contributed by atoms with Gasteiger partial charge >= 0.3 is 6.03 Å². The fraction of sp³-hybridized carbons (Fsp3) is 0.643. The van der Waals surface area contributed by atoms with Crippen molar-refractivity contribution in [2.45, 2.75) is 90.0 Å². The number of urea groups is 1. The first kappa shape index (κ1) is 26.9. The zero-order chi connectivity index (χ0) is 26.7. The van der Waals surface area contributed by atoms with Gasteiger partial charge in [0.1, 0.15) is 6.07 Å². The summed E-state index contributed by atoms with van der Waals surface area (Å²) < 4.78 is 0. The molecule has 0 aliphatic heterocycles. The topological polar surface area (TPSA) is 143 Å². The smallest absolute Gasteiger partial charge is 0.319 e. The summed E-state index contributed by atoms with van der Waals surface area (Å²) in [5.41, 5.74) is 2.99. The highest BCUT2D eigenvalue weighted by molar-refractivity contribution is 5.97. The summed E-state index contributed by atoms with van der Waals surface area (Å²) >= 11 is 0. The molecule has 9 nitrogen and oxygen atoms in total. The third-order valence-corrected chi connectivity index (χ3v) is 8.40. The number of hydrogen-bond donors (Lipinski definition) is 5. The average Bonchev–Trinajstić information content (AvgIpc) is 2.80. The second-order valence-electron chi connectivity index (χ2n) is 12.3. The van der Waals surface area contributed by atoms with Crippen molar-refractivity contribution in [2.75, 3.05) is 11.9 Å². The van der Waals surface area contributed by atoms with Crippen LogP contribution in [-0.4, -0.2) is 35.1 Å². The number of rotatable bonds is 10. The quantitative estimate of drug-likeness (QED) is 0.178. The van der Waals surface area contributed by atoms with E-state index in [0.717, 1.165) is 38.5 Å². The maximum absolute atomic E-state index is 13.1. The van der Waals surface area contributed by atoms with Crippen LogP contribution in [0.4, 0.5) is 10.5 Å². The predicted molar refractivity (Wildman–Crippen MR) is 139 cm³/mol. The minimum absolute atomic E-state index is 0.190. The molecule has 5 N–H and O–H groups in total. The standard InChI is InChI=1S/C28H39N5O4/c1-26-12-19-13-27(2,16-26)18-28(14-19,17-26)32-25(36)31-22-9-8-20(11-21(22)15-29)24(35)30-10-6-4-3-5-7-23(34)33-37/h8-9,11,19,37H,3-7,10,12-14,16-18H2,1-2H3,(H,30,35)(H,33,34)(H2,31,32,36)/t19?,26-,27+,28?. The number of amides is 4. The lowest BCUT2D eigenvalue weighted by molar-refractivity contribution is -0.129. The zero-order valence-corrected chi connectivity index (χ0v) is 21.9. The summed E-state index contributed by atoms with van der Waals surface area (Å²) in [5, 5.41) is 27.1. The molecule has 1 aromatic rings. The SMILES string of the molecule is C[C@]12CC3CC(NC(=O)Nc4ccc(C(=O)NCCCCCCC(=O)NO)cc4C#N)(C1)C[C@@](C)(C3)C2. The van der Waals surface area contributed by atoms with Gasteiger partial charge in [0, 0.05) is 24.1 Å². The van der Waals surface area contributed by atoms with Gasteiger partial charge in [0.2, 0.25) is 5.91 Å². The molecule has 37 heavy (non-hydrogen) atoms. The average molecular weight is 510 g/mol. The number of carbonyl (C=O) groups is 3. The zero-order valence-electron chi connectivity index (χ0n) is 21.9. The van der Waals surface area contributed by atoms with E-state index in [2.05, 4.69) is 35.9 Å². The van der Waals surface area contributed by atoms with Crippen molar-refractivity contribution < 1.29 is 19.6 Å². The number of benzene rings is 1. The molecule has 9 heteroatoms. The molecule has 4 amide bonds. The Balaban J connectivity index is 1.28. The van der Waals surface area contributed by atoms with Crippen LogP contribution >= 0.6 is 0 Å². The first-order valence-electron chi connectivity index (χ1n) is 13.4. The number of nitriles is 1. The number of nitrogens with zero attached hydrogens (tertiary/aromatic N) is 1. The van der Waals surface area contributed by atoms with Crippen LogP contribution in [0.15, 0.2) is 18.2 Å². The van der Waals surface area contributed by atoms with E-state index >= 15 is 0 Å². The van der Waals surface area contributed by atoms with Crippen LogP contribution in [-0.2, 0) is 4.79 Å². The van der Waals surface area contributed by atoms with Gasteiger partial charge in [0.15, 0.2) is 0 Å². The molecule has 4 aliphatic rings. The van der Waals surface area contributed by atoms with E-state index in [1.54, 1.807) is 17.6 Å². The molecule has 200 valence electrons. The molecular weight excluding hydrogens is 470 g/mol. The summed E-state index contributed by atoms with van der Waals surface area (Å²) in [6.45, 7) is 5.21. The maximum Gasteiger partial charge on any atom is 0.319 e. The van der Waals surface area contributed by atoms with Crippen molar-refractivity contribution in [1.29, 1.82) is 5.26 Å². The van der Waals surface area contributed by atoms with Crippen molar-refractivity contribution in [3.63, 3.8) is 0 Å². The molecule has 4 aliphatic carbocycles. The first-order chi connectivity index (χ1) is 17.6. The van der Waals surface area contributed by atoms with Gasteiger partial charge in [0.05, 0.1) is 11.3 Å². The Bertz CT molecular complexity index is 1080. The molecule has 0 spiro atoms. The Morgan fingerprint density at radius 3 is 2.38 bits per heavy atom. The van der Waals surface area contributed by atoms with Crippen LogP contribution in [0.5, 0.6) is 0 Å². The molecule has 0 radical (unpaired) electrons. The minimum Gasteiger partial charge on any atom is -0.352 e. The van der Waals surface area contributed by atoms with E-state index < -0.39 is 5.91 Å². The van der Waals surface area contributed by atoms with E-state index in [1.165, 1.54) is 25.3 Å². The molecular formula is C28H39N5O4. The van der Waals surface area contributed by atoms with Gasteiger partial charge in [-0.25, -0.2) is 10.3 Å². The number of hydroxylamine groups is 1. The highest BCUT2D eigenvalue weighted by Gasteiger charge is 2.60. The fourth-order valence-corrected chi connectivity index (χ4v) is 7.99. The summed E-state index contributed by atoms with van der Waals surface area (Å²) in [6.07, 6.45) is 10.1. The number of hydrogen-bond acceptors (Lipinski definition) is 5. The van der Waals surface area contributed by atoms with Crippen LogP contribution < -0.4 is 21.4 Å². The van der Waals surface area contributed by atoms with Crippen LogP contribution in [0.25, 0.3) is 0 Å². The Morgan fingerprint density at radius 1 is 1.03 bits per heavy atom. The summed E-state index contributed by atoms with van der Waals surface area (Å²) in [6, 6.07) is 6.54. The molecule has 0 aromatic heterocycles. The Hall–Kier alpha value is -3.12. The lowest BCUT2D eigenvalue weighted by atomic mass is 9.43. The minimum atomic E-state index is -0.395. The van der Waals surface area contributed by atoms with Gasteiger partial charge in [-0.2, -0.15) is 5.26 Å². The van der Waals surface area contributed by atoms with E-state index in [-0.39, 0.29) is 40.3 Å². The fourth-order valence-electron chi connectivity index (χ4n) is 7.99. The summed E-state index contributed by atoms with van der Waals surface area (Å²) in [5.74, 6) is -0.0116. The van der Waals surface area contributed by atoms with Crippen molar-refractivity contribution >= 4 is 23.5 Å². The molecule has 4 fully saturated rings. The third-order valence-electron chi connectivity index (χ3n) is 8.40. The van der Waals surface area contributed by atoms with Gasteiger partial charge < -0.3 is 16.0 Å². The Labute approximate surface area is 218 Å². The van der Waals surface area contributed by atoms with E-state index in [9.17, 15) is 19.6 Å². The van der Waals surface area contributed by atoms with Crippen molar-refractivity contribution in [1.82, 2.24) is 16.1 Å².